The van der Waals surface area contributed by atoms with Crippen LogP contribution >= 0.6 is 0 Å². The summed E-state index contributed by atoms with van der Waals surface area (Å²) in [5.74, 6) is 2.61. The molecule has 0 amide bonds. The molecule has 1 aromatic rings. The van der Waals surface area contributed by atoms with Crippen LogP contribution in [0.15, 0.2) is 18.2 Å². The lowest BCUT2D eigenvalue weighted by Crippen LogP contribution is -2.16. The summed E-state index contributed by atoms with van der Waals surface area (Å²) >= 11 is 0. The van der Waals surface area contributed by atoms with Crippen LogP contribution in [0.3, 0.4) is 0 Å². The summed E-state index contributed by atoms with van der Waals surface area (Å²) in [5.41, 5.74) is 0.478. The SMILES string of the molecule is CC1CCC(CCNc2cccc(C#N)n2)CC1. The van der Waals surface area contributed by atoms with Gasteiger partial charge in [0, 0.05) is 6.54 Å². The van der Waals surface area contributed by atoms with Crippen molar-refractivity contribution in [1.82, 2.24) is 4.98 Å². The monoisotopic (exact) mass is 243 g/mol. The summed E-state index contributed by atoms with van der Waals surface area (Å²) in [7, 11) is 0. The van der Waals surface area contributed by atoms with E-state index in [0.29, 0.717) is 5.69 Å². The first-order valence-electron chi connectivity index (χ1n) is 6.89. The number of hydrogen-bond donors (Lipinski definition) is 1. The van der Waals surface area contributed by atoms with Gasteiger partial charge in [0.15, 0.2) is 0 Å². The van der Waals surface area contributed by atoms with Crippen molar-refractivity contribution in [2.24, 2.45) is 11.8 Å². The number of nitrogens with zero attached hydrogens (tertiary/aromatic N) is 2. The number of hydrogen-bond acceptors (Lipinski definition) is 3. The van der Waals surface area contributed by atoms with Crippen LogP contribution in [0.5, 0.6) is 0 Å². The van der Waals surface area contributed by atoms with Gasteiger partial charge in [0.05, 0.1) is 0 Å². The minimum Gasteiger partial charge on any atom is -0.370 e. The third-order valence-corrected chi connectivity index (χ3v) is 3.86. The zero-order valence-electron chi connectivity index (χ0n) is 11.0. The van der Waals surface area contributed by atoms with E-state index in [2.05, 4.69) is 23.3 Å². The summed E-state index contributed by atoms with van der Waals surface area (Å²) in [4.78, 5) is 4.21. The molecule has 3 nitrogen and oxygen atoms in total. The van der Waals surface area contributed by atoms with E-state index in [-0.39, 0.29) is 0 Å². The molecule has 0 bridgehead atoms. The first-order valence-corrected chi connectivity index (χ1v) is 6.89. The largest absolute Gasteiger partial charge is 0.370 e. The van der Waals surface area contributed by atoms with Crippen LogP contribution in [0.1, 0.15) is 44.7 Å². The fraction of sp³-hybridized carbons (Fsp3) is 0.600. The van der Waals surface area contributed by atoms with Crippen LogP contribution in [0.25, 0.3) is 0 Å². The van der Waals surface area contributed by atoms with E-state index in [0.717, 1.165) is 24.2 Å². The van der Waals surface area contributed by atoms with E-state index in [1.165, 1.54) is 32.1 Å². The lowest BCUT2D eigenvalue weighted by molar-refractivity contribution is 0.282. The average molecular weight is 243 g/mol. The predicted octanol–water partition coefficient (Wildman–Crippen LogP) is 3.58. The Morgan fingerprint density at radius 1 is 1.33 bits per heavy atom. The second kappa shape index (κ2) is 6.39. The van der Waals surface area contributed by atoms with Gasteiger partial charge in [-0.2, -0.15) is 5.26 Å². The second-order valence-corrected chi connectivity index (χ2v) is 5.36. The van der Waals surface area contributed by atoms with Crippen molar-refractivity contribution in [2.75, 3.05) is 11.9 Å². The zero-order valence-corrected chi connectivity index (χ0v) is 11.0. The molecule has 0 atom stereocenters. The molecular formula is C15H21N3. The molecule has 0 aromatic carbocycles. The Balaban J connectivity index is 1.73. The number of nitriles is 1. The highest BCUT2D eigenvalue weighted by atomic mass is 15.0. The van der Waals surface area contributed by atoms with Crippen molar-refractivity contribution < 1.29 is 0 Å². The van der Waals surface area contributed by atoms with Gasteiger partial charge >= 0.3 is 0 Å². The average Bonchev–Trinajstić information content (AvgIpc) is 2.41. The molecule has 1 aliphatic carbocycles. The third kappa shape index (κ3) is 3.73. The molecule has 0 spiro atoms. The molecule has 1 N–H and O–H groups in total. The Morgan fingerprint density at radius 3 is 2.83 bits per heavy atom. The van der Waals surface area contributed by atoms with Gasteiger partial charge in [-0.05, 0) is 30.4 Å². The van der Waals surface area contributed by atoms with Crippen LogP contribution < -0.4 is 5.32 Å². The highest BCUT2D eigenvalue weighted by Crippen LogP contribution is 2.30. The highest BCUT2D eigenvalue weighted by Gasteiger charge is 2.17. The van der Waals surface area contributed by atoms with Gasteiger partial charge in [-0.25, -0.2) is 4.98 Å². The molecule has 1 heterocycles. The van der Waals surface area contributed by atoms with Crippen LogP contribution in [0, 0.1) is 23.2 Å². The van der Waals surface area contributed by atoms with Crippen molar-refractivity contribution in [3.63, 3.8) is 0 Å². The summed E-state index contributed by atoms with van der Waals surface area (Å²) < 4.78 is 0. The second-order valence-electron chi connectivity index (χ2n) is 5.36. The smallest absolute Gasteiger partial charge is 0.142 e. The molecule has 96 valence electrons. The van der Waals surface area contributed by atoms with Gasteiger partial charge < -0.3 is 5.32 Å². The number of aromatic nitrogens is 1. The van der Waals surface area contributed by atoms with Gasteiger partial charge in [-0.15, -0.1) is 0 Å². The van der Waals surface area contributed by atoms with E-state index in [4.69, 9.17) is 5.26 Å². The molecule has 0 aliphatic heterocycles. The molecule has 1 fully saturated rings. The maximum atomic E-state index is 8.78. The van der Waals surface area contributed by atoms with Gasteiger partial charge in [-0.1, -0.05) is 38.7 Å². The lowest BCUT2D eigenvalue weighted by atomic mass is 9.81. The Labute approximate surface area is 109 Å². The molecule has 1 aromatic heterocycles. The topological polar surface area (TPSA) is 48.7 Å². The minimum atomic E-state index is 0.478. The Hall–Kier alpha value is -1.56. The van der Waals surface area contributed by atoms with E-state index in [1.807, 2.05) is 12.1 Å². The van der Waals surface area contributed by atoms with Crippen LogP contribution in [-0.2, 0) is 0 Å². The van der Waals surface area contributed by atoms with Crippen molar-refractivity contribution in [1.29, 1.82) is 5.26 Å². The van der Waals surface area contributed by atoms with Crippen LogP contribution in [-0.4, -0.2) is 11.5 Å². The van der Waals surface area contributed by atoms with Crippen molar-refractivity contribution in [3.05, 3.63) is 23.9 Å². The molecule has 2 rings (SSSR count). The number of anilines is 1. The zero-order chi connectivity index (χ0) is 12.8. The van der Waals surface area contributed by atoms with Crippen molar-refractivity contribution in [2.45, 2.75) is 39.0 Å². The maximum absolute atomic E-state index is 8.78. The molecule has 0 unspecified atom stereocenters. The fourth-order valence-corrected chi connectivity index (χ4v) is 2.62. The highest BCUT2D eigenvalue weighted by molar-refractivity contribution is 5.38. The maximum Gasteiger partial charge on any atom is 0.142 e. The van der Waals surface area contributed by atoms with Crippen LogP contribution in [0.2, 0.25) is 0 Å². The summed E-state index contributed by atoms with van der Waals surface area (Å²) in [6.07, 6.45) is 6.72. The van der Waals surface area contributed by atoms with E-state index >= 15 is 0 Å². The lowest BCUT2D eigenvalue weighted by Gasteiger charge is -2.26. The van der Waals surface area contributed by atoms with Gasteiger partial charge in [0.1, 0.15) is 17.6 Å². The van der Waals surface area contributed by atoms with E-state index in [9.17, 15) is 0 Å². The van der Waals surface area contributed by atoms with Crippen molar-refractivity contribution >= 4 is 5.82 Å². The molecule has 1 aliphatic rings. The van der Waals surface area contributed by atoms with Crippen LogP contribution in [0.4, 0.5) is 5.82 Å². The Bertz CT molecular complexity index is 414. The van der Waals surface area contributed by atoms with Gasteiger partial charge in [0.25, 0.3) is 0 Å². The van der Waals surface area contributed by atoms with E-state index in [1.54, 1.807) is 6.07 Å². The molecule has 0 saturated heterocycles. The minimum absolute atomic E-state index is 0.478. The normalized spacial score (nSPS) is 23.3. The molecule has 3 heteroatoms. The quantitative estimate of drug-likeness (QED) is 0.879. The standard InChI is InChI=1S/C15H21N3/c1-12-5-7-13(8-6-12)9-10-17-15-4-2-3-14(11-16)18-15/h2-4,12-13H,5-10H2,1H3,(H,17,18). The Kier molecular flexibility index (Phi) is 4.58. The third-order valence-electron chi connectivity index (χ3n) is 3.86. The summed E-state index contributed by atoms with van der Waals surface area (Å²) in [5, 5.41) is 12.1. The van der Waals surface area contributed by atoms with Gasteiger partial charge in [0.2, 0.25) is 0 Å². The summed E-state index contributed by atoms with van der Waals surface area (Å²) in [6, 6.07) is 7.58. The molecule has 0 radical (unpaired) electrons. The first kappa shape index (κ1) is 12.9. The Morgan fingerprint density at radius 2 is 2.11 bits per heavy atom. The summed E-state index contributed by atoms with van der Waals surface area (Å²) in [6.45, 7) is 3.31. The molecule has 1 saturated carbocycles. The number of nitrogens with one attached hydrogen (secondary N) is 1. The van der Waals surface area contributed by atoms with E-state index < -0.39 is 0 Å². The van der Waals surface area contributed by atoms with Gasteiger partial charge in [-0.3, -0.25) is 0 Å². The first-order chi connectivity index (χ1) is 8.78. The number of rotatable bonds is 4. The predicted molar refractivity (Wildman–Crippen MR) is 73.2 cm³/mol. The fourth-order valence-electron chi connectivity index (χ4n) is 2.62. The number of pyridine rings is 1. The molecule has 18 heavy (non-hydrogen) atoms. The van der Waals surface area contributed by atoms with Crippen molar-refractivity contribution in [3.8, 4) is 6.07 Å². The molecular weight excluding hydrogens is 222 g/mol.